The van der Waals surface area contributed by atoms with Gasteiger partial charge in [0, 0.05) is 31.9 Å². The Balaban J connectivity index is 1.60. The molecule has 0 atom stereocenters. The summed E-state index contributed by atoms with van der Waals surface area (Å²) in [5.41, 5.74) is 1.88. The lowest BCUT2D eigenvalue weighted by Gasteiger charge is -2.39. The van der Waals surface area contributed by atoms with E-state index < -0.39 is 0 Å². The van der Waals surface area contributed by atoms with Crippen molar-refractivity contribution in [3.8, 4) is 0 Å². The van der Waals surface area contributed by atoms with Crippen LogP contribution in [-0.4, -0.2) is 24.1 Å². The van der Waals surface area contributed by atoms with Crippen molar-refractivity contribution >= 4 is 5.82 Å². The first-order valence-corrected chi connectivity index (χ1v) is 8.45. The van der Waals surface area contributed by atoms with Gasteiger partial charge < -0.3 is 10.2 Å². The van der Waals surface area contributed by atoms with Gasteiger partial charge >= 0.3 is 0 Å². The smallest absolute Gasteiger partial charge is 0.128 e. The minimum Gasteiger partial charge on any atom is -0.357 e. The molecule has 0 amide bonds. The molecule has 3 heteroatoms. The highest BCUT2D eigenvalue weighted by molar-refractivity contribution is 5.41. The summed E-state index contributed by atoms with van der Waals surface area (Å²) in [6, 6.07) is 5.81. The fourth-order valence-electron chi connectivity index (χ4n) is 3.27. The molecule has 0 spiro atoms. The summed E-state index contributed by atoms with van der Waals surface area (Å²) >= 11 is 0. The van der Waals surface area contributed by atoms with E-state index in [1.807, 2.05) is 6.20 Å². The molecule has 1 aromatic rings. The van der Waals surface area contributed by atoms with Crippen LogP contribution in [0.2, 0.25) is 0 Å². The van der Waals surface area contributed by atoms with Crippen LogP contribution in [0.3, 0.4) is 0 Å². The van der Waals surface area contributed by atoms with E-state index in [4.69, 9.17) is 0 Å². The van der Waals surface area contributed by atoms with Gasteiger partial charge in [-0.1, -0.05) is 13.8 Å². The maximum atomic E-state index is 4.59. The molecule has 0 aliphatic heterocycles. The van der Waals surface area contributed by atoms with Gasteiger partial charge in [-0.15, -0.1) is 0 Å². The van der Waals surface area contributed by atoms with Crippen LogP contribution >= 0.6 is 0 Å². The SMILES string of the molecule is CN(c1cc(CNC2CC2)ccn1)C1CCC(C)(C)CC1. The topological polar surface area (TPSA) is 28.2 Å². The van der Waals surface area contributed by atoms with E-state index in [1.54, 1.807) is 0 Å². The molecule has 0 saturated heterocycles. The summed E-state index contributed by atoms with van der Waals surface area (Å²) in [6.07, 6.45) is 9.87. The second-order valence-corrected chi connectivity index (χ2v) is 7.68. The first-order valence-electron chi connectivity index (χ1n) is 8.45. The number of pyridine rings is 1. The van der Waals surface area contributed by atoms with Crippen LogP contribution in [0.15, 0.2) is 18.3 Å². The Hall–Kier alpha value is -1.09. The Morgan fingerprint density at radius 2 is 1.95 bits per heavy atom. The van der Waals surface area contributed by atoms with Crippen LogP contribution in [0.5, 0.6) is 0 Å². The second kappa shape index (κ2) is 5.96. The van der Waals surface area contributed by atoms with Crippen molar-refractivity contribution in [3.05, 3.63) is 23.9 Å². The molecule has 2 fully saturated rings. The molecular formula is C18H29N3. The Kier molecular flexibility index (Phi) is 4.21. The molecule has 0 unspecified atom stereocenters. The highest BCUT2D eigenvalue weighted by Crippen LogP contribution is 2.37. The van der Waals surface area contributed by atoms with Crippen molar-refractivity contribution in [1.29, 1.82) is 0 Å². The third-order valence-corrected chi connectivity index (χ3v) is 5.20. The number of hydrogen-bond donors (Lipinski definition) is 1. The van der Waals surface area contributed by atoms with Crippen LogP contribution in [0.4, 0.5) is 5.82 Å². The fraction of sp³-hybridized carbons (Fsp3) is 0.722. The normalized spacial score (nSPS) is 22.2. The highest BCUT2D eigenvalue weighted by atomic mass is 15.2. The lowest BCUT2D eigenvalue weighted by molar-refractivity contribution is 0.222. The average Bonchev–Trinajstić information content (AvgIpc) is 3.29. The number of nitrogens with zero attached hydrogens (tertiary/aromatic N) is 2. The number of rotatable bonds is 5. The minimum atomic E-state index is 0.529. The molecule has 0 aromatic carbocycles. The Morgan fingerprint density at radius 1 is 1.24 bits per heavy atom. The van der Waals surface area contributed by atoms with E-state index in [2.05, 4.69) is 48.2 Å². The molecule has 2 aliphatic rings. The van der Waals surface area contributed by atoms with Crippen LogP contribution in [0, 0.1) is 5.41 Å². The predicted molar refractivity (Wildman–Crippen MR) is 88.5 cm³/mol. The summed E-state index contributed by atoms with van der Waals surface area (Å²) in [7, 11) is 2.21. The van der Waals surface area contributed by atoms with Gasteiger partial charge in [0.1, 0.15) is 5.82 Å². The van der Waals surface area contributed by atoms with E-state index in [1.165, 1.54) is 44.1 Å². The van der Waals surface area contributed by atoms with Gasteiger partial charge in [0.15, 0.2) is 0 Å². The number of anilines is 1. The molecule has 2 saturated carbocycles. The fourth-order valence-corrected chi connectivity index (χ4v) is 3.27. The molecule has 116 valence electrons. The highest BCUT2D eigenvalue weighted by Gasteiger charge is 2.29. The molecule has 1 heterocycles. The quantitative estimate of drug-likeness (QED) is 0.894. The molecule has 1 aromatic heterocycles. The van der Waals surface area contributed by atoms with E-state index in [9.17, 15) is 0 Å². The predicted octanol–water partition coefficient (Wildman–Crippen LogP) is 3.74. The maximum absolute atomic E-state index is 4.59. The lowest BCUT2D eigenvalue weighted by atomic mass is 9.75. The third kappa shape index (κ3) is 3.97. The van der Waals surface area contributed by atoms with Crippen LogP contribution < -0.4 is 10.2 Å². The first kappa shape index (κ1) is 14.8. The summed E-state index contributed by atoms with van der Waals surface area (Å²) in [6.45, 7) is 5.77. The van der Waals surface area contributed by atoms with Gasteiger partial charge in [-0.3, -0.25) is 0 Å². The maximum Gasteiger partial charge on any atom is 0.128 e. The van der Waals surface area contributed by atoms with Crippen molar-refractivity contribution in [2.45, 2.75) is 71.0 Å². The van der Waals surface area contributed by atoms with E-state index in [-0.39, 0.29) is 0 Å². The minimum absolute atomic E-state index is 0.529. The number of aromatic nitrogens is 1. The van der Waals surface area contributed by atoms with Gasteiger partial charge in [-0.2, -0.15) is 0 Å². The van der Waals surface area contributed by atoms with E-state index >= 15 is 0 Å². The zero-order chi connectivity index (χ0) is 14.9. The Bertz CT molecular complexity index is 469. The summed E-state index contributed by atoms with van der Waals surface area (Å²) in [4.78, 5) is 6.99. The van der Waals surface area contributed by atoms with Gasteiger partial charge in [0.25, 0.3) is 0 Å². The Morgan fingerprint density at radius 3 is 2.62 bits per heavy atom. The molecule has 0 radical (unpaired) electrons. The third-order valence-electron chi connectivity index (χ3n) is 5.20. The van der Waals surface area contributed by atoms with Gasteiger partial charge in [0.05, 0.1) is 0 Å². The summed E-state index contributed by atoms with van der Waals surface area (Å²) in [5, 5.41) is 3.58. The van der Waals surface area contributed by atoms with Crippen molar-refractivity contribution < 1.29 is 0 Å². The number of hydrogen-bond acceptors (Lipinski definition) is 3. The standard InChI is InChI=1S/C18H29N3/c1-18(2)9-6-16(7-10-18)21(3)17-12-14(8-11-19-17)13-20-15-4-5-15/h8,11-12,15-16,20H,4-7,9-10,13H2,1-3H3. The molecule has 21 heavy (non-hydrogen) atoms. The van der Waals surface area contributed by atoms with Crippen molar-refractivity contribution in [2.75, 3.05) is 11.9 Å². The molecule has 1 N–H and O–H groups in total. The molecule has 0 bridgehead atoms. The van der Waals surface area contributed by atoms with E-state index in [0.29, 0.717) is 11.5 Å². The van der Waals surface area contributed by atoms with Crippen LogP contribution in [-0.2, 0) is 6.54 Å². The van der Waals surface area contributed by atoms with Crippen LogP contribution in [0.25, 0.3) is 0 Å². The zero-order valence-electron chi connectivity index (χ0n) is 13.7. The molecule has 2 aliphatic carbocycles. The Labute approximate surface area is 129 Å². The first-order chi connectivity index (χ1) is 10.0. The van der Waals surface area contributed by atoms with Gasteiger partial charge in [-0.25, -0.2) is 4.98 Å². The second-order valence-electron chi connectivity index (χ2n) is 7.68. The average molecular weight is 287 g/mol. The van der Waals surface area contributed by atoms with Crippen molar-refractivity contribution in [2.24, 2.45) is 5.41 Å². The van der Waals surface area contributed by atoms with Crippen LogP contribution in [0.1, 0.15) is 57.9 Å². The lowest BCUT2D eigenvalue weighted by Crippen LogP contribution is -2.37. The van der Waals surface area contributed by atoms with Gasteiger partial charge in [-0.05, 0) is 61.6 Å². The molecular weight excluding hydrogens is 258 g/mol. The molecule has 3 rings (SSSR count). The van der Waals surface area contributed by atoms with Crippen molar-refractivity contribution in [1.82, 2.24) is 10.3 Å². The van der Waals surface area contributed by atoms with Crippen molar-refractivity contribution in [3.63, 3.8) is 0 Å². The summed E-state index contributed by atoms with van der Waals surface area (Å²) in [5.74, 6) is 1.13. The number of nitrogens with one attached hydrogen (secondary N) is 1. The summed E-state index contributed by atoms with van der Waals surface area (Å²) < 4.78 is 0. The monoisotopic (exact) mass is 287 g/mol. The van der Waals surface area contributed by atoms with E-state index in [0.717, 1.165) is 18.4 Å². The zero-order valence-corrected chi connectivity index (χ0v) is 13.7. The molecule has 3 nitrogen and oxygen atoms in total. The van der Waals surface area contributed by atoms with Gasteiger partial charge in [0.2, 0.25) is 0 Å². The largest absolute Gasteiger partial charge is 0.357 e.